The molecule has 2 aromatic carbocycles. The SMILES string of the molecule is Cc1ccc(N=Nc2cc(C)cc(Br)c2O)cc1. The molecule has 0 amide bonds. The van der Waals surface area contributed by atoms with Crippen LogP contribution in [0.2, 0.25) is 0 Å². The number of hydrogen-bond donors (Lipinski definition) is 1. The van der Waals surface area contributed by atoms with Crippen LogP contribution in [-0.2, 0) is 0 Å². The minimum absolute atomic E-state index is 0.108. The summed E-state index contributed by atoms with van der Waals surface area (Å²) in [6.45, 7) is 3.96. The Kier molecular flexibility index (Phi) is 3.77. The molecule has 0 unspecified atom stereocenters. The number of azo groups is 1. The van der Waals surface area contributed by atoms with Crippen molar-refractivity contribution in [1.82, 2.24) is 0 Å². The summed E-state index contributed by atoms with van der Waals surface area (Å²) in [5.41, 5.74) is 3.41. The van der Waals surface area contributed by atoms with Crippen LogP contribution in [0.4, 0.5) is 11.4 Å². The van der Waals surface area contributed by atoms with Crippen molar-refractivity contribution in [3.8, 4) is 5.75 Å². The molecular weight excluding hydrogens is 292 g/mol. The normalized spacial score (nSPS) is 11.1. The van der Waals surface area contributed by atoms with Crippen molar-refractivity contribution in [3.05, 3.63) is 52.0 Å². The van der Waals surface area contributed by atoms with Crippen LogP contribution in [0.15, 0.2) is 51.1 Å². The maximum atomic E-state index is 9.84. The minimum atomic E-state index is 0.108. The van der Waals surface area contributed by atoms with Crippen molar-refractivity contribution < 1.29 is 5.11 Å². The van der Waals surface area contributed by atoms with Gasteiger partial charge >= 0.3 is 0 Å². The molecule has 0 fully saturated rings. The molecule has 0 bridgehead atoms. The van der Waals surface area contributed by atoms with E-state index in [0.29, 0.717) is 10.2 Å². The van der Waals surface area contributed by atoms with E-state index in [1.54, 1.807) is 6.07 Å². The Balaban J connectivity index is 2.31. The molecule has 18 heavy (non-hydrogen) atoms. The van der Waals surface area contributed by atoms with Gasteiger partial charge in [0, 0.05) is 0 Å². The highest BCUT2D eigenvalue weighted by Gasteiger charge is 2.05. The molecule has 92 valence electrons. The maximum absolute atomic E-state index is 9.84. The van der Waals surface area contributed by atoms with Crippen molar-refractivity contribution in [2.24, 2.45) is 10.2 Å². The molecule has 0 saturated heterocycles. The molecule has 0 aromatic heterocycles. The predicted octanol–water partition coefficient (Wildman–Crippen LogP) is 5.19. The lowest BCUT2D eigenvalue weighted by Crippen LogP contribution is -1.75. The first-order valence-electron chi connectivity index (χ1n) is 5.54. The lowest BCUT2D eigenvalue weighted by Gasteiger charge is -2.02. The van der Waals surface area contributed by atoms with E-state index in [9.17, 15) is 5.11 Å². The third-order valence-corrected chi connectivity index (χ3v) is 3.10. The van der Waals surface area contributed by atoms with Crippen LogP contribution in [0, 0.1) is 13.8 Å². The smallest absolute Gasteiger partial charge is 0.157 e. The standard InChI is InChI=1S/C14H13BrN2O/c1-9-3-5-11(6-4-9)16-17-13-8-10(2)7-12(15)14(13)18/h3-8,18H,1-2H3. The first kappa shape index (κ1) is 12.8. The fourth-order valence-electron chi connectivity index (χ4n) is 1.52. The molecule has 3 nitrogen and oxygen atoms in total. The number of aryl methyl sites for hydroxylation is 2. The van der Waals surface area contributed by atoms with Crippen LogP contribution >= 0.6 is 15.9 Å². The van der Waals surface area contributed by atoms with E-state index in [2.05, 4.69) is 26.2 Å². The second-order valence-electron chi connectivity index (χ2n) is 4.15. The highest BCUT2D eigenvalue weighted by Crippen LogP contribution is 2.36. The minimum Gasteiger partial charge on any atom is -0.505 e. The zero-order chi connectivity index (χ0) is 13.1. The predicted molar refractivity (Wildman–Crippen MR) is 75.9 cm³/mol. The number of aromatic hydroxyl groups is 1. The van der Waals surface area contributed by atoms with Crippen molar-refractivity contribution in [2.75, 3.05) is 0 Å². The third kappa shape index (κ3) is 2.96. The molecule has 0 aliphatic heterocycles. The van der Waals surface area contributed by atoms with Gasteiger partial charge < -0.3 is 5.11 Å². The molecule has 1 N–H and O–H groups in total. The maximum Gasteiger partial charge on any atom is 0.157 e. The molecule has 0 atom stereocenters. The number of rotatable bonds is 2. The molecule has 0 saturated carbocycles. The molecule has 2 aromatic rings. The van der Waals surface area contributed by atoms with E-state index in [0.717, 1.165) is 11.3 Å². The molecule has 0 spiro atoms. The summed E-state index contributed by atoms with van der Waals surface area (Å²) < 4.78 is 0.625. The second-order valence-corrected chi connectivity index (χ2v) is 5.00. The van der Waals surface area contributed by atoms with E-state index in [1.165, 1.54) is 5.56 Å². The number of nitrogens with zero attached hydrogens (tertiary/aromatic N) is 2. The van der Waals surface area contributed by atoms with Crippen LogP contribution in [0.5, 0.6) is 5.75 Å². The molecule has 2 rings (SSSR count). The summed E-state index contributed by atoms with van der Waals surface area (Å²) in [4.78, 5) is 0. The Bertz CT molecular complexity index is 591. The quantitative estimate of drug-likeness (QED) is 0.763. The van der Waals surface area contributed by atoms with Crippen molar-refractivity contribution >= 4 is 27.3 Å². The molecule has 0 radical (unpaired) electrons. The van der Waals surface area contributed by atoms with Crippen LogP contribution < -0.4 is 0 Å². The highest BCUT2D eigenvalue weighted by atomic mass is 79.9. The van der Waals surface area contributed by atoms with Gasteiger partial charge in [0.2, 0.25) is 0 Å². The topological polar surface area (TPSA) is 45.0 Å². The highest BCUT2D eigenvalue weighted by molar-refractivity contribution is 9.10. The summed E-state index contributed by atoms with van der Waals surface area (Å²) >= 11 is 3.28. The Morgan fingerprint density at radius 3 is 2.28 bits per heavy atom. The molecular formula is C14H13BrN2O. The van der Waals surface area contributed by atoms with Gasteiger partial charge in [-0.2, -0.15) is 5.11 Å². The van der Waals surface area contributed by atoms with Crippen LogP contribution in [0.1, 0.15) is 11.1 Å². The van der Waals surface area contributed by atoms with Gasteiger partial charge in [-0.25, -0.2) is 0 Å². The first-order chi connectivity index (χ1) is 8.56. The van der Waals surface area contributed by atoms with Gasteiger partial charge in [0.1, 0.15) is 5.69 Å². The zero-order valence-electron chi connectivity index (χ0n) is 10.2. The number of phenols is 1. The Hall–Kier alpha value is -1.68. The van der Waals surface area contributed by atoms with E-state index < -0.39 is 0 Å². The third-order valence-electron chi connectivity index (χ3n) is 2.49. The van der Waals surface area contributed by atoms with Gasteiger partial charge in [-0.15, -0.1) is 5.11 Å². The summed E-state index contributed by atoms with van der Waals surface area (Å²) in [5.74, 6) is 0.108. The van der Waals surface area contributed by atoms with E-state index in [4.69, 9.17) is 0 Å². The fraction of sp³-hybridized carbons (Fsp3) is 0.143. The van der Waals surface area contributed by atoms with Gasteiger partial charge in [-0.1, -0.05) is 17.7 Å². The molecule has 0 aliphatic carbocycles. The van der Waals surface area contributed by atoms with E-state index in [1.807, 2.05) is 44.2 Å². The van der Waals surface area contributed by atoms with Gasteiger partial charge in [-0.3, -0.25) is 0 Å². The van der Waals surface area contributed by atoms with Crippen LogP contribution in [0.25, 0.3) is 0 Å². The fourth-order valence-corrected chi connectivity index (χ4v) is 2.08. The summed E-state index contributed by atoms with van der Waals surface area (Å²) in [6.07, 6.45) is 0. The van der Waals surface area contributed by atoms with Crippen LogP contribution in [-0.4, -0.2) is 5.11 Å². The Labute approximate surface area is 114 Å². The first-order valence-corrected chi connectivity index (χ1v) is 6.33. The van der Waals surface area contributed by atoms with E-state index in [-0.39, 0.29) is 5.75 Å². The van der Waals surface area contributed by atoms with Crippen LogP contribution in [0.3, 0.4) is 0 Å². The number of phenolic OH excluding ortho intramolecular Hbond substituents is 1. The van der Waals surface area contributed by atoms with Crippen molar-refractivity contribution in [1.29, 1.82) is 0 Å². The zero-order valence-corrected chi connectivity index (χ0v) is 11.8. The summed E-state index contributed by atoms with van der Waals surface area (Å²) in [7, 11) is 0. The lowest BCUT2D eigenvalue weighted by molar-refractivity contribution is 0.473. The van der Waals surface area contributed by atoms with Crippen molar-refractivity contribution in [3.63, 3.8) is 0 Å². The van der Waals surface area contributed by atoms with Gasteiger partial charge in [-0.05, 0) is 59.6 Å². The Morgan fingerprint density at radius 2 is 1.61 bits per heavy atom. The summed E-state index contributed by atoms with van der Waals surface area (Å²) in [5, 5.41) is 18.0. The van der Waals surface area contributed by atoms with Gasteiger partial charge in [0.25, 0.3) is 0 Å². The number of halogens is 1. The second kappa shape index (κ2) is 5.31. The molecule has 4 heteroatoms. The van der Waals surface area contributed by atoms with E-state index >= 15 is 0 Å². The monoisotopic (exact) mass is 304 g/mol. The summed E-state index contributed by atoms with van der Waals surface area (Å²) in [6, 6.07) is 11.3. The van der Waals surface area contributed by atoms with Gasteiger partial charge in [0.15, 0.2) is 5.75 Å². The van der Waals surface area contributed by atoms with Crippen molar-refractivity contribution in [2.45, 2.75) is 13.8 Å². The largest absolute Gasteiger partial charge is 0.505 e. The molecule has 0 heterocycles. The number of hydrogen-bond acceptors (Lipinski definition) is 3. The average Bonchev–Trinajstić information content (AvgIpc) is 2.34. The van der Waals surface area contributed by atoms with Gasteiger partial charge in [0.05, 0.1) is 10.2 Å². The number of benzene rings is 2. The average molecular weight is 305 g/mol. The Morgan fingerprint density at radius 1 is 0.944 bits per heavy atom. The molecule has 0 aliphatic rings. The lowest BCUT2D eigenvalue weighted by atomic mass is 10.2.